The summed E-state index contributed by atoms with van der Waals surface area (Å²) in [5.41, 5.74) is 0. The van der Waals surface area contributed by atoms with Crippen LogP contribution in [0.2, 0.25) is 5.28 Å². The van der Waals surface area contributed by atoms with Gasteiger partial charge in [0.1, 0.15) is 4.90 Å². The Balaban J connectivity index is 2.87. The molecule has 1 rings (SSSR count). The van der Waals surface area contributed by atoms with Crippen LogP contribution in [-0.2, 0) is 14.9 Å². The molecule has 0 spiro atoms. The maximum atomic E-state index is 11.3. The molecule has 0 aromatic carbocycles. The molecule has 0 fully saturated rings. The average Bonchev–Trinajstić information content (AvgIpc) is 2.16. The highest BCUT2D eigenvalue weighted by atomic mass is 35.5. The van der Waals surface area contributed by atoms with E-state index in [1.165, 1.54) is 0 Å². The van der Waals surface area contributed by atoms with Gasteiger partial charge in [0.15, 0.2) is 0 Å². The molecule has 1 heterocycles. The fourth-order valence-electron chi connectivity index (χ4n) is 0.624. The van der Waals surface area contributed by atoms with Crippen molar-refractivity contribution in [3.05, 3.63) is 17.7 Å². The largest absolute Gasteiger partial charge is 0.287 e. The summed E-state index contributed by atoms with van der Waals surface area (Å²) in [7, 11) is -3.70. The normalized spacial score (nSPS) is 11.6. The number of rotatable bonds is 4. The Morgan fingerprint density at radius 1 is 1.50 bits per heavy atom. The van der Waals surface area contributed by atoms with Crippen LogP contribution in [-0.4, -0.2) is 25.0 Å². The van der Waals surface area contributed by atoms with Crippen molar-refractivity contribution in [2.24, 2.45) is 0 Å². The summed E-state index contributed by atoms with van der Waals surface area (Å²) in [5.74, 6) is 0. The minimum absolute atomic E-state index is 0.0136. The first-order valence-corrected chi connectivity index (χ1v) is 5.53. The van der Waals surface area contributed by atoms with Crippen LogP contribution in [0.1, 0.15) is 6.92 Å². The first kappa shape index (κ1) is 11.3. The average molecular weight is 238 g/mol. The third kappa shape index (κ3) is 2.88. The van der Waals surface area contributed by atoms with Crippen molar-refractivity contribution < 1.29 is 13.3 Å². The molecule has 8 heteroatoms. The van der Waals surface area contributed by atoms with E-state index in [9.17, 15) is 8.42 Å². The molecule has 0 aliphatic carbocycles. The lowest BCUT2D eigenvalue weighted by Gasteiger charge is -2.03. The summed E-state index contributed by atoms with van der Waals surface area (Å²) in [4.78, 5) is 13.4. The fourth-order valence-corrected chi connectivity index (χ4v) is 1.47. The summed E-state index contributed by atoms with van der Waals surface area (Å²) in [6.07, 6.45) is 2.19. The molecule has 0 unspecified atom stereocenters. The molecule has 0 aliphatic heterocycles. The van der Waals surface area contributed by atoms with Crippen molar-refractivity contribution in [3.8, 4) is 0 Å². The maximum Gasteiger partial charge on any atom is 0.265 e. The molecule has 78 valence electrons. The molecule has 0 bridgehead atoms. The second kappa shape index (κ2) is 4.65. The number of nitrogens with one attached hydrogen (secondary N) is 1. The standard InChI is InChI=1S/C6H8ClN3O3S/c1-2-13-10-14(11,12)5-3-8-6(7)9-4-5/h3-4,10H,2H2,1H3. The summed E-state index contributed by atoms with van der Waals surface area (Å²) < 4.78 is 22.7. The molecule has 1 aromatic rings. The lowest BCUT2D eigenvalue weighted by atomic mass is 10.7. The first-order chi connectivity index (χ1) is 6.56. The van der Waals surface area contributed by atoms with Crippen LogP contribution in [0.15, 0.2) is 17.3 Å². The van der Waals surface area contributed by atoms with Gasteiger partial charge in [-0.25, -0.2) is 18.4 Å². The fraction of sp³-hybridized carbons (Fsp3) is 0.333. The van der Waals surface area contributed by atoms with Gasteiger partial charge in [0.05, 0.1) is 19.0 Å². The summed E-state index contributed by atoms with van der Waals surface area (Å²) in [6, 6.07) is 0. The van der Waals surface area contributed by atoms with Crippen LogP contribution in [0.4, 0.5) is 0 Å². The lowest BCUT2D eigenvalue weighted by molar-refractivity contribution is 0.105. The number of nitrogens with zero attached hydrogens (tertiary/aromatic N) is 2. The van der Waals surface area contributed by atoms with Gasteiger partial charge in [-0.1, -0.05) is 4.89 Å². The van der Waals surface area contributed by atoms with Gasteiger partial charge >= 0.3 is 0 Å². The topological polar surface area (TPSA) is 81.2 Å². The quantitative estimate of drug-likeness (QED) is 0.604. The maximum absolute atomic E-state index is 11.3. The SMILES string of the molecule is CCONS(=O)(=O)c1cnc(Cl)nc1. The van der Waals surface area contributed by atoms with Crippen LogP contribution in [0, 0.1) is 0 Å². The van der Waals surface area contributed by atoms with Crippen molar-refractivity contribution in [2.45, 2.75) is 11.8 Å². The number of hydrogen-bond acceptors (Lipinski definition) is 5. The third-order valence-electron chi connectivity index (χ3n) is 1.22. The van der Waals surface area contributed by atoms with Crippen LogP contribution >= 0.6 is 11.6 Å². The van der Waals surface area contributed by atoms with Crippen molar-refractivity contribution in [3.63, 3.8) is 0 Å². The minimum Gasteiger partial charge on any atom is -0.287 e. The van der Waals surface area contributed by atoms with Gasteiger partial charge in [-0.15, -0.1) is 0 Å². The molecule has 0 saturated carbocycles. The zero-order valence-electron chi connectivity index (χ0n) is 7.27. The Bertz CT molecular complexity index is 391. The van der Waals surface area contributed by atoms with Crippen LogP contribution in [0.5, 0.6) is 0 Å². The Labute approximate surface area is 86.3 Å². The number of hydrogen-bond donors (Lipinski definition) is 1. The molecule has 0 aliphatic rings. The Hall–Kier alpha value is -0.760. The number of aromatic nitrogens is 2. The Morgan fingerprint density at radius 2 is 2.07 bits per heavy atom. The van der Waals surface area contributed by atoms with E-state index in [4.69, 9.17) is 11.6 Å². The van der Waals surface area contributed by atoms with E-state index in [1.807, 2.05) is 4.89 Å². The zero-order valence-corrected chi connectivity index (χ0v) is 8.84. The molecule has 1 aromatic heterocycles. The van der Waals surface area contributed by atoms with E-state index >= 15 is 0 Å². The number of halogens is 1. The van der Waals surface area contributed by atoms with E-state index in [0.717, 1.165) is 12.4 Å². The van der Waals surface area contributed by atoms with E-state index in [1.54, 1.807) is 6.92 Å². The van der Waals surface area contributed by atoms with Crippen molar-refractivity contribution in [1.29, 1.82) is 0 Å². The van der Waals surface area contributed by atoms with Crippen LogP contribution < -0.4 is 4.89 Å². The molecule has 0 saturated heterocycles. The first-order valence-electron chi connectivity index (χ1n) is 3.67. The highest BCUT2D eigenvalue weighted by Gasteiger charge is 2.14. The van der Waals surface area contributed by atoms with E-state index < -0.39 is 10.0 Å². The Morgan fingerprint density at radius 3 is 2.57 bits per heavy atom. The molecule has 0 amide bonds. The Kier molecular flexibility index (Phi) is 3.76. The molecular formula is C6H8ClN3O3S. The van der Waals surface area contributed by atoms with Gasteiger partial charge < -0.3 is 0 Å². The smallest absolute Gasteiger partial charge is 0.265 e. The van der Waals surface area contributed by atoms with E-state index in [0.29, 0.717) is 0 Å². The van der Waals surface area contributed by atoms with E-state index in [2.05, 4.69) is 14.8 Å². The van der Waals surface area contributed by atoms with E-state index in [-0.39, 0.29) is 16.8 Å². The van der Waals surface area contributed by atoms with Gasteiger partial charge in [-0.05, 0) is 18.5 Å². The monoisotopic (exact) mass is 237 g/mol. The molecule has 14 heavy (non-hydrogen) atoms. The van der Waals surface area contributed by atoms with Gasteiger partial charge in [0.2, 0.25) is 5.28 Å². The molecule has 0 radical (unpaired) electrons. The highest BCUT2D eigenvalue weighted by Crippen LogP contribution is 2.06. The lowest BCUT2D eigenvalue weighted by Crippen LogP contribution is -2.24. The minimum atomic E-state index is -3.70. The number of sulfonamides is 1. The second-order valence-corrected chi connectivity index (χ2v) is 4.19. The van der Waals surface area contributed by atoms with Gasteiger partial charge in [-0.3, -0.25) is 4.84 Å². The summed E-state index contributed by atoms with van der Waals surface area (Å²) in [5, 5.41) is -0.0136. The van der Waals surface area contributed by atoms with Crippen molar-refractivity contribution in [2.75, 3.05) is 6.61 Å². The highest BCUT2D eigenvalue weighted by molar-refractivity contribution is 7.89. The van der Waals surface area contributed by atoms with Gasteiger partial charge in [0, 0.05) is 0 Å². The summed E-state index contributed by atoms with van der Waals surface area (Å²) in [6.45, 7) is 1.88. The summed E-state index contributed by atoms with van der Waals surface area (Å²) >= 11 is 5.40. The van der Waals surface area contributed by atoms with Crippen molar-refractivity contribution >= 4 is 21.6 Å². The molecule has 0 atom stereocenters. The van der Waals surface area contributed by atoms with Crippen molar-refractivity contribution in [1.82, 2.24) is 14.9 Å². The van der Waals surface area contributed by atoms with Gasteiger partial charge in [-0.2, -0.15) is 0 Å². The second-order valence-electron chi connectivity index (χ2n) is 2.21. The molecule has 6 nitrogen and oxygen atoms in total. The third-order valence-corrected chi connectivity index (χ3v) is 2.58. The van der Waals surface area contributed by atoms with Gasteiger partial charge in [0.25, 0.3) is 10.0 Å². The van der Waals surface area contributed by atoms with Crippen LogP contribution in [0.3, 0.4) is 0 Å². The molecule has 1 N–H and O–H groups in total. The zero-order chi connectivity index (χ0) is 10.6. The molecular weight excluding hydrogens is 230 g/mol. The predicted molar refractivity (Wildman–Crippen MR) is 49.0 cm³/mol. The van der Waals surface area contributed by atoms with Crippen LogP contribution in [0.25, 0.3) is 0 Å². The predicted octanol–water partition coefficient (Wildman–Crippen LogP) is 0.360.